The molecule has 1 fully saturated rings. The summed E-state index contributed by atoms with van der Waals surface area (Å²) in [6.45, 7) is 8.70. The van der Waals surface area contributed by atoms with E-state index in [1.807, 2.05) is 59.5 Å². The minimum atomic E-state index is -3.03. The lowest BCUT2D eigenvalue weighted by Crippen LogP contribution is -2.47. The van der Waals surface area contributed by atoms with Crippen LogP contribution in [0.3, 0.4) is 0 Å². The van der Waals surface area contributed by atoms with E-state index in [1.165, 1.54) is 0 Å². The molecule has 180 valence electrons. The van der Waals surface area contributed by atoms with Gasteiger partial charge in [0.15, 0.2) is 9.84 Å². The molecular weight excluding hydrogens is 438 g/mol. The smallest absolute Gasteiger partial charge is 0.242 e. The number of nitrogens with zero attached hydrogens (tertiary/aromatic N) is 2. The second kappa shape index (κ2) is 12.2. The van der Waals surface area contributed by atoms with Crippen LogP contribution in [0.5, 0.6) is 5.75 Å². The number of nitrogens with one attached hydrogen (secondary N) is 1. The number of sulfone groups is 1. The third-order valence-corrected chi connectivity index (χ3v) is 7.70. The van der Waals surface area contributed by atoms with Gasteiger partial charge in [-0.15, -0.1) is 0 Å². The van der Waals surface area contributed by atoms with Gasteiger partial charge in [0.05, 0.1) is 11.5 Å². The van der Waals surface area contributed by atoms with Gasteiger partial charge in [0.25, 0.3) is 0 Å². The second-order valence-corrected chi connectivity index (χ2v) is 10.5. The highest BCUT2D eigenvalue weighted by molar-refractivity contribution is 7.91. The molecule has 33 heavy (non-hydrogen) atoms. The highest BCUT2D eigenvalue weighted by atomic mass is 32.2. The summed E-state index contributed by atoms with van der Waals surface area (Å²) in [5.74, 6) is 0.781. The summed E-state index contributed by atoms with van der Waals surface area (Å²) in [5.41, 5.74) is 1.77. The van der Waals surface area contributed by atoms with Crippen LogP contribution in [-0.2, 0) is 21.2 Å². The molecular formula is C25H35N3O4S. The van der Waals surface area contributed by atoms with Gasteiger partial charge in [-0.25, -0.2) is 8.42 Å². The van der Waals surface area contributed by atoms with Crippen molar-refractivity contribution in [1.29, 1.82) is 0 Å². The van der Waals surface area contributed by atoms with Crippen molar-refractivity contribution in [1.82, 2.24) is 15.1 Å². The summed E-state index contributed by atoms with van der Waals surface area (Å²) in [6, 6.07) is 16.7. The van der Waals surface area contributed by atoms with Crippen molar-refractivity contribution >= 4 is 15.7 Å². The van der Waals surface area contributed by atoms with E-state index in [2.05, 4.69) is 24.1 Å². The van der Waals surface area contributed by atoms with Crippen molar-refractivity contribution < 1.29 is 17.9 Å². The van der Waals surface area contributed by atoms with E-state index in [1.54, 1.807) is 0 Å². The minimum Gasteiger partial charge on any atom is -0.492 e. The molecule has 0 bridgehead atoms. The predicted molar refractivity (Wildman–Crippen MR) is 131 cm³/mol. The van der Waals surface area contributed by atoms with Gasteiger partial charge in [0, 0.05) is 31.7 Å². The van der Waals surface area contributed by atoms with E-state index < -0.39 is 15.9 Å². The maximum Gasteiger partial charge on any atom is 0.242 e. The Hall–Kier alpha value is -2.42. The number of hydrogen-bond acceptors (Lipinski definition) is 6. The molecule has 2 aromatic rings. The van der Waals surface area contributed by atoms with E-state index in [-0.39, 0.29) is 17.4 Å². The lowest BCUT2D eigenvalue weighted by atomic mass is 10.0. The third-order valence-electron chi connectivity index (χ3n) is 6.09. The molecule has 1 heterocycles. The van der Waals surface area contributed by atoms with Gasteiger partial charge in [-0.05, 0) is 24.7 Å². The number of para-hydroxylation sites is 1. The Morgan fingerprint density at radius 1 is 1.03 bits per heavy atom. The van der Waals surface area contributed by atoms with Crippen molar-refractivity contribution in [2.24, 2.45) is 0 Å². The average molecular weight is 474 g/mol. The van der Waals surface area contributed by atoms with Gasteiger partial charge in [0.2, 0.25) is 5.91 Å². The van der Waals surface area contributed by atoms with Crippen LogP contribution in [0.1, 0.15) is 31.0 Å². The third kappa shape index (κ3) is 7.28. The van der Waals surface area contributed by atoms with Crippen LogP contribution in [0.4, 0.5) is 0 Å². The number of carbonyl (C=O) groups is 1. The molecule has 7 nitrogen and oxygen atoms in total. The lowest BCUT2D eigenvalue weighted by Gasteiger charge is -2.33. The van der Waals surface area contributed by atoms with Crippen molar-refractivity contribution in [3.05, 3.63) is 65.7 Å². The van der Waals surface area contributed by atoms with Gasteiger partial charge in [-0.1, -0.05) is 62.4 Å². The zero-order chi connectivity index (χ0) is 23.7. The Morgan fingerprint density at radius 3 is 2.33 bits per heavy atom. The molecule has 0 radical (unpaired) electrons. The van der Waals surface area contributed by atoms with Crippen LogP contribution in [0.25, 0.3) is 0 Å². The molecule has 1 N–H and O–H groups in total. The number of amides is 1. The molecule has 1 amide bonds. The van der Waals surface area contributed by atoms with Gasteiger partial charge < -0.3 is 15.0 Å². The quantitative estimate of drug-likeness (QED) is 0.540. The average Bonchev–Trinajstić information content (AvgIpc) is 2.83. The first-order chi connectivity index (χ1) is 15.9. The Morgan fingerprint density at radius 2 is 1.67 bits per heavy atom. The summed E-state index contributed by atoms with van der Waals surface area (Å²) < 4.78 is 29.8. The summed E-state index contributed by atoms with van der Waals surface area (Å²) >= 11 is 0. The fraction of sp³-hybridized carbons (Fsp3) is 0.480. The minimum absolute atomic E-state index is 0.0762. The SMILES string of the molecule is CCN(CC)CCOc1ccccc1CNC(=O)C(c1ccccc1)N1CCS(=O)(=O)CC1. The fourth-order valence-electron chi connectivity index (χ4n) is 4.04. The van der Waals surface area contributed by atoms with E-state index in [4.69, 9.17) is 4.74 Å². The molecule has 1 saturated heterocycles. The molecule has 1 atom stereocenters. The first kappa shape index (κ1) is 25.2. The van der Waals surface area contributed by atoms with Crippen molar-refractivity contribution in [3.63, 3.8) is 0 Å². The van der Waals surface area contributed by atoms with E-state index in [0.29, 0.717) is 26.2 Å². The predicted octanol–water partition coefficient (Wildman–Crippen LogP) is 2.50. The molecule has 0 aliphatic carbocycles. The van der Waals surface area contributed by atoms with Crippen molar-refractivity contribution in [2.75, 3.05) is 50.8 Å². The van der Waals surface area contributed by atoms with Crippen molar-refractivity contribution in [3.8, 4) is 5.75 Å². The van der Waals surface area contributed by atoms with Gasteiger partial charge in [0.1, 0.15) is 18.4 Å². The molecule has 8 heteroatoms. The number of likely N-dealkylation sites (N-methyl/N-ethyl adjacent to an activating group) is 1. The van der Waals surface area contributed by atoms with Crippen LogP contribution in [0.15, 0.2) is 54.6 Å². The molecule has 1 aliphatic rings. The number of hydrogen-bond donors (Lipinski definition) is 1. The summed E-state index contributed by atoms with van der Waals surface area (Å²) in [7, 11) is -3.03. The molecule has 0 aromatic heterocycles. The van der Waals surface area contributed by atoms with E-state index in [9.17, 15) is 13.2 Å². The molecule has 3 rings (SSSR count). The van der Waals surface area contributed by atoms with Crippen molar-refractivity contribution in [2.45, 2.75) is 26.4 Å². The fourth-order valence-corrected chi connectivity index (χ4v) is 5.27. The summed E-state index contributed by atoms with van der Waals surface area (Å²) in [5, 5.41) is 3.06. The van der Waals surface area contributed by atoms with Crippen LogP contribution in [0, 0.1) is 0 Å². The Labute approximate surface area is 197 Å². The number of ether oxygens (including phenoxy) is 1. The highest BCUT2D eigenvalue weighted by Gasteiger charge is 2.32. The number of benzene rings is 2. The van der Waals surface area contributed by atoms with Crippen LogP contribution in [0.2, 0.25) is 0 Å². The van der Waals surface area contributed by atoms with Gasteiger partial charge >= 0.3 is 0 Å². The highest BCUT2D eigenvalue weighted by Crippen LogP contribution is 2.24. The van der Waals surface area contributed by atoms with Crippen LogP contribution in [-0.4, -0.2) is 75.0 Å². The first-order valence-corrected chi connectivity index (χ1v) is 13.5. The van der Waals surface area contributed by atoms with Crippen LogP contribution < -0.4 is 10.1 Å². The Bertz CT molecular complexity index is 980. The standard InChI is InChI=1S/C25H35N3O4S/c1-3-27(4-2)14-17-32-23-13-9-8-12-22(23)20-26-25(29)24(21-10-6-5-7-11-21)28-15-18-33(30,31)19-16-28/h5-13,24H,3-4,14-20H2,1-2H3,(H,26,29). The first-order valence-electron chi connectivity index (χ1n) is 11.6. The summed E-state index contributed by atoms with van der Waals surface area (Å²) in [6.07, 6.45) is 0. The molecule has 1 unspecified atom stereocenters. The molecule has 2 aromatic carbocycles. The zero-order valence-corrected chi connectivity index (χ0v) is 20.4. The topological polar surface area (TPSA) is 79.0 Å². The monoisotopic (exact) mass is 473 g/mol. The van der Waals surface area contributed by atoms with Crippen LogP contribution >= 0.6 is 0 Å². The van der Waals surface area contributed by atoms with E-state index >= 15 is 0 Å². The van der Waals surface area contributed by atoms with Gasteiger partial charge in [-0.2, -0.15) is 0 Å². The zero-order valence-electron chi connectivity index (χ0n) is 19.6. The van der Waals surface area contributed by atoms with E-state index in [0.717, 1.165) is 36.5 Å². The Balaban J connectivity index is 1.67. The maximum absolute atomic E-state index is 13.3. The maximum atomic E-state index is 13.3. The van der Waals surface area contributed by atoms with Gasteiger partial charge in [-0.3, -0.25) is 9.69 Å². The Kier molecular flexibility index (Phi) is 9.29. The second-order valence-electron chi connectivity index (χ2n) is 8.20. The lowest BCUT2D eigenvalue weighted by molar-refractivity contribution is -0.126. The summed E-state index contributed by atoms with van der Waals surface area (Å²) in [4.78, 5) is 17.6. The normalized spacial score (nSPS) is 16.9. The molecule has 1 aliphatic heterocycles. The number of rotatable bonds is 11. The molecule has 0 spiro atoms. The largest absolute Gasteiger partial charge is 0.492 e. The molecule has 0 saturated carbocycles. The number of carbonyl (C=O) groups excluding carboxylic acids is 1.